The van der Waals surface area contributed by atoms with Gasteiger partial charge in [0.05, 0.1) is 11.4 Å². The van der Waals surface area contributed by atoms with Crippen molar-refractivity contribution in [1.29, 1.82) is 0 Å². The van der Waals surface area contributed by atoms with Gasteiger partial charge >= 0.3 is 5.97 Å². The molecular formula is C10H16N2O3S. The number of nitrogens with zero attached hydrogens (tertiary/aromatic N) is 1. The van der Waals surface area contributed by atoms with Crippen LogP contribution in [-0.2, 0) is 9.59 Å². The summed E-state index contributed by atoms with van der Waals surface area (Å²) in [5, 5.41) is 9.01. The van der Waals surface area contributed by atoms with Gasteiger partial charge in [-0.25, -0.2) is 4.79 Å². The van der Waals surface area contributed by atoms with Gasteiger partial charge in [0.1, 0.15) is 6.04 Å². The Bertz CT molecular complexity index is 315. The Morgan fingerprint density at radius 1 is 1.38 bits per heavy atom. The zero-order chi connectivity index (χ0) is 11.8. The molecule has 2 fully saturated rings. The van der Waals surface area contributed by atoms with Crippen LogP contribution in [0.4, 0.5) is 0 Å². The summed E-state index contributed by atoms with van der Waals surface area (Å²) in [6, 6.07) is -0.696. The second-order valence-electron chi connectivity index (χ2n) is 4.49. The maximum Gasteiger partial charge on any atom is 0.327 e. The highest BCUT2D eigenvalue weighted by Crippen LogP contribution is 2.32. The van der Waals surface area contributed by atoms with E-state index in [-0.39, 0.29) is 5.91 Å². The summed E-state index contributed by atoms with van der Waals surface area (Å²) in [4.78, 5) is 24.6. The van der Waals surface area contributed by atoms with Crippen molar-refractivity contribution in [1.82, 2.24) is 4.90 Å². The fourth-order valence-electron chi connectivity index (χ4n) is 2.35. The quantitative estimate of drug-likeness (QED) is 0.727. The maximum absolute atomic E-state index is 12.2. The van der Waals surface area contributed by atoms with Crippen LogP contribution in [-0.4, -0.2) is 45.1 Å². The molecule has 6 heteroatoms. The number of thioether (sulfide) groups is 1. The van der Waals surface area contributed by atoms with Crippen LogP contribution in [0.15, 0.2) is 0 Å². The van der Waals surface area contributed by atoms with E-state index < -0.39 is 17.6 Å². The molecule has 2 rings (SSSR count). The number of rotatable bonds is 2. The van der Waals surface area contributed by atoms with Gasteiger partial charge in [0.15, 0.2) is 0 Å². The van der Waals surface area contributed by atoms with Gasteiger partial charge in [0.2, 0.25) is 5.91 Å². The topological polar surface area (TPSA) is 83.6 Å². The second kappa shape index (κ2) is 4.25. The Morgan fingerprint density at radius 2 is 2.00 bits per heavy atom. The van der Waals surface area contributed by atoms with Crippen molar-refractivity contribution in [3.05, 3.63) is 0 Å². The van der Waals surface area contributed by atoms with Crippen LogP contribution in [0.5, 0.6) is 0 Å². The number of carbonyl (C=O) groups excluding carboxylic acids is 1. The molecule has 1 amide bonds. The fourth-order valence-corrected chi connectivity index (χ4v) is 3.50. The van der Waals surface area contributed by atoms with Gasteiger partial charge in [-0.3, -0.25) is 4.79 Å². The number of carbonyl (C=O) groups is 2. The first kappa shape index (κ1) is 11.7. The first-order chi connectivity index (χ1) is 7.54. The van der Waals surface area contributed by atoms with Crippen molar-refractivity contribution in [2.75, 3.05) is 11.6 Å². The van der Waals surface area contributed by atoms with Crippen molar-refractivity contribution < 1.29 is 14.7 Å². The molecule has 1 saturated heterocycles. The van der Waals surface area contributed by atoms with Crippen molar-refractivity contribution in [3.63, 3.8) is 0 Å². The summed E-state index contributed by atoms with van der Waals surface area (Å²) >= 11 is 1.47. The average Bonchev–Trinajstić information content (AvgIpc) is 2.85. The number of amides is 1. The fraction of sp³-hybridized carbons (Fsp3) is 0.800. The van der Waals surface area contributed by atoms with Gasteiger partial charge in [-0.2, -0.15) is 0 Å². The Labute approximate surface area is 98.4 Å². The minimum Gasteiger partial charge on any atom is -0.480 e. The smallest absolute Gasteiger partial charge is 0.327 e. The molecule has 16 heavy (non-hydrogen) atoms. The number of nitrogens with two attached hydrogens (primary N) is 1. The maximum atomic E-state index is 12.2. The monoisotopic (exact) mass is 244 g/mol. The number of carboxylic acids is 1. The van der Waals surface area contributed by atoms with Gasteiger partial charge in [0, 0.05) is 5.75 Å². The molecule has 0 aromatic heterocycles. The van der Waals surface area contributed by atoms with Gasteiger partial charge in [0.25, 0.3) is 0 Å². The van der Waals surface area contributed by atoms with Crippen molar-refractivity contribution >= 4 is 23.6 Å². The molecule has 1 aliphatic carbocycles. The van der Waals surface area contributed by atoms with E-state index in [1.807, 2.05) is 0 Å². The van der Waals surface area contributed by atoms with Crippen molar-refractivity contribution in [2.45, 2.75) is 37.3 Å². The largest absolute Gasteiger partial charge is 0.480 e. The molecular weight excluding hydrogens is 228 g/mol. The third-order valence-electron chi connectivity index (χ3n) is 3.35. The summed E-state index contributed by atoms with van der Waals surface area (Å²) in [5.74, 6) is -0.186. The predicted octanol–water partition coefficient (Wildman–Crippen LogP) is 0.244. The molecule has 1 aliphatic heterocycles. The third kappa shape index (κ3) is 1.91. The zero-order valence-electron chi connectivity index (χ0n) is 9.02. The first-order valence-corrected chi connectivity index (χ1v) is 6.60. The van der Waals surface area contributed by atoms with Crippen LogP contribution in [0.2, 0.25) is 0 Å². The molecule has 1 unspecified atom stereocenters. The molecule has 0 spiro atoms. The lowest BCUT2D eigenvalue weighted by molar-refractivity contribution is -0.150. The highest BCUT2D eigenvalue weighted by Gasteiger charge is 2.45. The molecule has 0 bridgehead atoms. The number of hydrogen-bond donors (Lipinski definition) is 2. The van der Waals surface area contributed by atoms with E-state index in [1.165, 1.54) is 16.7 Å². The molecule has 1 atom stereocenters. The molecule has 0 aromatic rings. The number of carboxylic acid groups (broad SMARTS) is 1. The van der Waals surface area contributed by atoms with E-state index in [4.69, 9.17) is 10.8 Å². The van der Waals surface area contributed by atoms with Gasteiger partial charge in [-0.1, -0.05) is 12.8 Å². The molecule has 3 N–H and O–H groups in total. The van der Waals surface area contributed by atoms with E-state index in [2.05, 4.69) is 0 Å². The SMILES string of the molecule is NC1(C(=O)N2CSCC2C(=O)O)CCCC1. The molecule has 0 aromatic carbocycles. The van der Waals surface area contributed by atoms with E-state index in [0.29, 0.717) is 24.5 Å². The molecule has 1 saturated carbocycles. The van der Waals surface area contributed by atoms with Crippen LogP contribution < -0.4 is 5.73 Å². The molecule has 1 heterocycles. The summed E-state index contributed by atoms with van der Waals surface area (Å²) in [7, 11) is 0. The normalized spacial score (nSPS) is 28.3. The van der Waals surface area contributed by atoms with Gasteiger partial charge in [-0.15, -0.1) is 11.8 Å². The minimum atomic E-state index is -0.931. The van der Waals surface area contributed by atoms with E-state index in [0.717, 1.165) is 12.8 Å². The lowest BCUT2D eigenvalue weighted by Crippen LogP contribution is -2.56. The zero-order valence-corrected chi connectivity index (χ0v) is 9.83. The van der Waals surface area contributed by atoms with Crippen molar-refractivity contribution in [3.8, 4) is 0 Å². The average molecular weight is 244 g/mol. The first-order valence-electron chi connectivity index (χ1n) is 5.45. The van der Waals surface area contributed by atoms with Crippen LogP contribution in [0.3, 0.4) is 0 Å². The Morgan fingerprint density at radius 3 is 2.56 bits per heavy atom. The summed E-state index contributed by atoms with van der Waals surface area (Å²) in [5.41, 5.74) is 5.24. The molecule has 5 nitrogen and oxygen atoms in total. The van der Waals surface area contributed by atoms with Crippen LogP contribution in [0.1, 0.15) is 25.7 Å². The summed E-state index contributed by atoms with van der Waals surface area (Å²) in [6.45, 7) is 0. The summed E-state index contributed by atoms with van der Waals surface area (Å²) < 4.78 is 0. The molecule has 0 radical (unpaired) electrons. The Balaban J connectivity index is 2.12. The predicted molar refractivity (Wildman–Crippen MR) is 61.0 cm³/mol. The summed E-state index contributed by atoms with van der Waals surface area (Å²) in [6.07, 6.45) is 3.28. The lowest BCUT2D eigenvalue weighted by atomic mass is 9.97. The van der Waals surface area contributed by atoms with Crippen LogP contribution >= 0.6 is 11.8 Å². The number of aliphatic carboxylic acids is 1. The molecule has 2 aliphatic rings. The standard InChI is InChI=1S/C10H16N2O3S/c11-10(3-1-2-4-10)9(15)12-6-16-5-7(12)8(13)14/h7H,1-6,11H2,(H,13,14). The van der Waals surface area contributed by atoms with E-state index in [1.54, 1.807) is 0 Å². The second-order valence-corrected chi connectivity index (χ2v) is 5.49. The number of hydrogen-bond acceptors (Lipinski definition) is 4. The highest BCUT2D eigenvalue weighted by atomic mass is 32.2. The lowest BCUT2D eigenvalue weighted by Gasteiger charge is -2.30. The third-order valence-corrected chi connectivity index (χ3v) is 4.36. The highest BCUT2D eigenvalue weighted by molar-refractivity contribution is 7.99. The van der Waals surface area contributed by atoms with Gasteiger partial charge < -0.3 is 15.7 Å². The van der Waals surface area contributed by atoms with E-state index >= 15 is 0 Å². The Kier molecular flexibility index (Phi) is 3.12. The minimum absolute atomic E-state index is 0.178. The Hall–Kier alpha value is -0.750. The van der Waals surface area contributed by atoms with Crippen LogP contribution in [0, 0.1) is 0 Å². The van der Waals surface area contributed by atoms with Crippen molar-refractivity contribution in [2.24, 2.45) is 5.73 Å². The van der Waals surface area contributed by atoms with Crippen LogP contribution in [0.25, 0.3) is 0 Å². The van der Waals surface area contributed by atoms with Gasteiger partial charge in [-0.05, 0) is 12.8 Å². The molecule has 90 valence electrons. The van der Waals surface area contributed by atoms with E-state index in [9.17, 15) is 9.59 Å².